The summed E-state index contributed by atoms with van der Waals surface area (Å²) in [6.07, 6.45) is 5.39. The minimum Gasteiger partial charge on any atom is -0.393 e. The fraction of sp³-hybridized carbons (Fsp3) is 0.923. The maximum atomic E-state index is 11.7. The molecule has 0 aromatic heterocycles. The first-order valence-electron chi connectivity index (χ1n) is 6.82. The zero-order valence-corrected chi connectivity index (χ0v) is 10.8. The average Bonchev–Trinajstić information content (AvgIpc) is 2.35. The van der Waals surface area contributed by atoms with Gasteiger partial charge in [-0.25, -0.2) is 0 Å². The number of nitrogens with two attached hydrogens (primary N) is 1. The summed E-state index contributed by atoms with van der Waals surface area (Å²) in [6.45, 7) is 3.23. The minimum absolute atomic E-state index is 0.0695. The Morgan fingerprint density at radius 1 is 1.47 bits per heavy atom. The van der Waals surface area contributed by atoms with Crippen LogP contribution in [0.25, 0.3) is 0 Å². The third-order valence-electron chi connectivity index (χ3n) is 3.82. The van der Waals surface area contributed by atoms with Crippen molar-refractivity contribution in [3.05, 3.63) is 0 Å². The molecule has 1 aliphatic rings. The number of amides is 1. The van der Waals surface area contributed by atoms with Gasteiger partial charge < -0.3 is 16.2 Å². The van der Waals surface area contributed by atoms with Gasteiger partial charge in [-0.05, 0) is 25.3 Å². The summed E-state index contributed by atoms with van der Waals surface area (Å²) in [7, 11) is 0. The molecule has 0 saturated heterocycles. The molecule has 4 nitrogen and oxygen atoms in total. The molecule has 1 aliphatic carbocycles. The van der Waals surface area contributed by atoms with Crippen LogP contribution in [0.3, 0.4) is 0 Å². The fourth-order valence-electron chi connectivity index (χ4n) is 2.40. The normalized spacial score (nSPS) is 26.5. The fourth-order valence-corrected chi connectivity index (χ4v) is 2.40. The molecule has 0 radical (unpaired) electrons. The Kier molecular flexibility index (Phi) is 6.52. The number of carbonyl (C=O) groups is 1. The van der Waals surface area contributed by atoms with Gasteiger partial charge >= 0.3 is 0 Å². The molecular formula is C13H26N2O2. The van der Waals surface area contributed by atoms with Gasteiger partial charge in [-0.15, -0.1) is 0 Å². The molecule has 0 aromatic rings. The van der Waals surface area contributed by atoms with Gasteiger partial charge in [0.15, 0.2) is 0 Å². The summed E-state index contributed by atoms with van der Waals surface area (Å²) in [6, 6.07) is 0. The topological polar surface area (TPSA) is 75.4 Å². The summed E-state index contributed by atoms with van der Waals surface area (Å²) >= 11 is 0. The predicted octanol–water partition coefficient (Wildman–Crippen LogP) is 1.03. The first kappa shape index (κ1) is 14.5. The van der Waals surface area contributed by atoms with Gasteiger partial charge in [-0.2, -0.15) is 0 Å². The minimum atomic E-state index is -0.236. The van der Waals surface area contributed by atoms with Gasteiger partial charge in [0.1, 0.15) is 0 Å². The molecule has 1 saturated carbocycles. The lowest BCUT2D eigenvalue weighted by Crippen LogP contribution is -2.37. The van der Waals surface area contributed by atoms with Crippen molar-refractivity contribution in [2.24, 2.45) is 17.6 Å². The quantitative estimate of drug-likeness (QED) is 0.651. The SMILES string of the molecule is CCC(CN)CC(=O)NCC1CCCCC1O. The van der Waals surface area contributed by atoms with Crippen LogP contribution >= 0.6 is 0 Å². The van der Waals surface area contributed by atoms with Gasteiger partial charge in [0.05, 0.1) is 6.10 Å². The summed E-state index contributed by atoms with van der Waals surface area (Å²) in [5.41, 5.74) is 5.57. The van der Waals surface area contributed by atoms with Gasteiger partial charge in [-0.3, -0.25) is 4.79 Å². The van der Waals surface area contributed by atoms with Crippen molar-refractivity contribution in [2.45, 2.75) is 51.6 Å². The highest BCUT2D eigenvalue weighted by Crippen LogP contribution is 2.23. The van der Waals surface area contributed by atoms with E-state index in [0.717, 1.165) is 32.1 Å². The van der Waals surface area contributed by atoms with Crippen molar-refractivity contribution >= 4 is 5.91 Å². The number of aliphatic hydroxyl groups is 1. The summed E-state index contributed by atoms with van der Waals surface area (Å²) in [4.78, 5) is 11.7. The van der Waals surface area contributed by atoms with Crippen LogP contribution in [0.2, 0.25) is 0 Å². The number of rotatable bonds is 6. The molecule has 3 unspecified atom stereocenters. The third-order valence-corrected chi connectivity index (χ3v) is 3.82. The Morgan fingerprint density at radius 2 is 2.18 bits per heavy atom. The van der Waals surface area contributed by atoms with Crippen molar-refractivity contribution in [3.8, 4) is 0 Å². The van der Waals surface area contributed by atoms with E-state index in [9.17, 15) is 9.90 Å². The van der Waals surface area contributed by atoms with Crippen LogP contribution in [0.1, 0.15) is 45.4 Å². The van der Waals surface area contributed by atoms with Crippen LogP contribution in [0, 0.1) is 11.8 Å². The molecule has 3 atom stereocenters. The molecule has 0 aliphatic heterocycles. The van der Waals surface area contributed by atoms with E-state index in [4.69, 9.17) is 5.73 Å². The Balaban J connectivity index is 2.22. The zero-order valence-electron chi connectivity index (χ0n) is 10.8. The lowest BCUT2D eigenvalue weighted by Gasteiger charge is -2.27. The molecule has 1 amide bonds. The average molecular weight is 242 g/mol. The molecule has 0 bridgehead atoms. The summed E-state index contributed by atoms with van der Waals surface area (Å²) < 4.78 is 0. The molecule has 100 valence electrons. The second-order valence-electron chi connectivity index (χ2n) is 5.13. The van der Waals surface area contributed by atoms with Gasteiger partial charge in [0.25, 0.3) is 0 Å². The second kappa shape index (κ2) is 7.67. The predicted molar refractivity (Wildman–Crippen MR) is 68.4 cm³/mol. The zero-order chi connectivity index (χ0) is 12.7. The largest absolute Gasteiger partial charge is 0.393 e. The van der Waals surface area contributed by atoms with Crippen LogP contribution in [0.4, 0.5) is 0 Å². The van der Waals surface area contributed by atoms with E-state index in [1.807, 2.05) is 0 Å². The van der Waals surface area contributed by atoms with Crippen LogP contribution < -0.4 is 11.1 Å². The molecule has 0 spiro atoms. The van der Waals surface area contributed by atoms with Crippen molar-refractivity contribution in [2.75, 3.05) is 13.1 Å². The molecular weight excluding hydrogens is 216 g/mol. The number of hydrogen-bond donors (Lipinski definition) is 3. The third kappa shape index (κ3) is 5.04. The molecule has 1 rings (SSSR count). The van der Waals surface area contributed by atoms with Crippen molar-refractivity contribution in [1.29, 1.82) is 0 Å². The first-order valence-corrected chi connectivity index (χ1v) is 6.82. The van der Waals surface area contributed by atoms with Gasteiger partial charge in [-0.1, -0.05) is 26.2 Å². The van der Waals surface area contributed by atoms with E-state index >= 15 is 0 Å². The highest BCUT2D eigenvalue weighted by Gasteiger charge is 2.23. The molecule has 17 heavy (non-hydrogen) atoms. The van der Waals surface area contributed by atoms with Gasteiger partial charge in [0.2, 0.25) is 5.91 Å². The maximum Gasteiger partial charge on any atom is 0.220 e. The van der Waals surface area contributed by atoms with Crippen molar-refractivity contribution in [1.82, 2.24) is 5.32 Å². The lowest BCUT2D eigenvalue weighted by molar-refractivity contribution is -0.122. The van der Waals surface area contributed by atoms with E-state index in [0.29, 0.717) is 19.5 Å². The molecule has 1 fully saturated rings. The monoisotopic (exact) mass is 242 g/mol. The van der Waals surface area contributed by atoms with Crippen molar-refractivity contribution < 1.29 is 9.90 Å². The summed E-state index contributed by atoms with van der Waals surface area (Å²) in [5.74, 6) is 0.594. The van der Waals surface area contributed by atoms with Crippen molar-refractivity contribution in [3.63, 3.8) is 0 Å². The molecule has 0 aromatic carbocycles. The van der Waals surface area contributed by atoms with Crippen LogP contribution in [0.5, 0.6) is 0 Å². The lowest BCUT2D eigenvalue weighted by atomic mass is 9.86. The molecule has 0 heterocycles. The smallest absolute Gasteiger partial charge is 0.220 e. The van der Waals surface area contributed by atoms with Gasteiger partial charge in [0, 0.05) is 18.9 Å². The molecule has 4 N–H and O–H groups in total. The number of nitrogens with one attached hydrogen (secondary N) is 1. The van der Waals surface area contributed by atoms with Crippen LogP contribution in [-0.2, 0) is 4.79 Å². The Bertz CT molecular complexity index is 229. The standard InChI is InChI=1S/C13H26N2O2/c1-2-10(8-14)7-13(17)15-9-11-5-3-4-6-12(11)16/h10-12,16H,2-9,14H2,1H3,(H,15,17). The number of hydrogen-bond acceptors (Lipinski definition) is 3. The van der Waals surface area contributed by atoms with E-state index in [1.165, 1.54) is 0 Å². The number of aliphatic hydroxyl groups excluding tert-OH is 1. The first-order chi connectivity index (χ1) is 8.17. The van der Waals surface area contributed by atoms with Crippen LogP contribution in [0.15, 0.2) is 0 Å². The Hall–Kier alpha value is -0.610. The van der Waals surface area contributed by atoms with E-state index < -0.39 is 0 Å². The highest BCUT2D eigenvalue weighted by atomic mass is 16.3. The van der Waals surface area contributed by atoms with E-state index in [-0.39, 0.29) is 23.8 Å². The van der Waals surface area contributed by atoms with Crippen LogP contribution in [-0.4, -0.2) is 30.2 Å². The van der Waals surface area contributed by atoms with E-state index in [2.05, 4.69) is 12.2 Å². The molecule has 4 heteroatoms. The Morgan fingerprint density at radius 3 is 2.76 bits per heavy atom. The summed E-state index contributed by atoms with van der Waals surface area (Å²) in [5, 5.41) is 12.7. The number of carbonyl (C=O) groups excluding carboxylic acids is 1. The van der Waals surface area contributed by atoms with E-state index in [1.54, 1.807) is 0 Å². The highest BCUT2D eigenvalue weighted by molar-refractivity contribution is 5.76. The maximum absolute atomic E-state index is 11.7. The second-order valence-corrected chi connectivity index (χ2v) is 5.13. The Labute approximate surface area is 104 Å².